The zero-order valence-electron chi connectivity index (χ0n) is 10.4. The van der Waals surface area contributed by atoms with Crippen LogP contribution in [-0.4, -0.2) is 16.7 Å². The Balaban J connectivity index is 2.62. The van der Waals surface area contributed by atoms with E-state index in [9.17, 15) is 4.39 Å². The van der Waals surface area contributed by atoms with Gasteiger partial charge in [-0.2, -0.15) is 5.26 Å². The van der Waals surface area contributed by atoms with Crippen LogP contribution in [0.25, 0.3) is 11.4 Å². The molecular weight excluding hydrogens is 313 g/mol. The van der Waals surface area contributed by atoms with E-state index in [0.717, 1.165) is 0 Å². The van der Waals surface area contributed by atoms with Crippen molar-refractivity contribution < 1.29 is 9.13 Å². The number of ether oxygens (including phenoxy) is 1. The van der Waals surface area contributed by atoms with Gasteiger partial charge in [-0.15, -0.1) is 0 Å². The first-order valence-corrected chi connectivity index (χ1v) is 6.29. The van der Waals surface area contributed by atoms with E-state index in [1.165, 1.54) is 19.2 Å². The summed E-state index contributed by atoms with van der Waals surface area (Å²) in [6.45, 7) is 0. The first-order chi connectivity index (χ1) is 9.08. The number of benzene rings is 1. The van der Waals surface area contributed by atoms with Crippen molar-refractivity contribution in [2.75, 3.05) is 7.11 Å². The lowest BCUT2D eigenvalue weighted by Crippen LogP contribution is -1.96. The third kappa shape index (κ3) is 2.47. The number of rotatable bonds is 3. The third-order valence-corrected chi connectivity index (χ3v) is 3.73. The van der Waals surface area contributed by atoms with Crippen LogP contribution in [0.15, 0.2) is 22.8 Å². The second kappa shape index (κ2) is 5.41. The fourth-order valence-corrected chi connectivity index (χ4v) is 2.22. The number of methoxy groups -OCH3 is 1. The standard InChI is InChI=1S/C13H11BrFN3O/c1-18-12(14)10(5-6-16)17-13(18)9-7-8(15)3-4-11(9)19-2/h3-4,7H,5H2,1-2H3. The highest BCUT2D eigenvalue weighted by Crippen LogP contribution is 2.32. The maximum atomic E-state index is 13.4. The van der Waals surface area contributed by atoms with Gasteiger partial charge >= 0.3 is 0 Å². The topological polar surface area (TPSA) is 50.8 Å². The minimum atomic E-state index is -0.364. The molecule has 6 heteroatoms. The molecule has 0 amide bonds. The van der Waals surface area contributed by atoms with Gasteiger partial charge in [0.2, 0.25) is 0 Å². The molecule has 2 aromatic rings. The largest absolute Gasteiger partial charge is 0.496 e. The minimum Gasteiger partial charge on any atom is -0.496 e. The molecule has 4 nitrogen and oxygen atoms in total. The van der Waals surface area contributed by atoms with E-state index in [2.05, 4.69) is 20.9 Å². The Hall–Kier alpha value is -1.87. The predicted molar refractivity (Wildman–Crippen MR) is 72.2 cm³/mol. The van der Waals surface area contributed by atoms with Gasteiger partial charge in [-0.1, -0.05) is 0 Å². The van der Waals surface area contributed by atoms with E-state index in [4.69, 9.17) is 10.00 Å². The highest BCUT2D eigenvalue weighted by Gasteiger charge is 2.17. The predicted octanol–water partition coefficient (Wildman–Crippen LogP) is 3.06. The number of imidazole rings is 1. The van der Waals surface area contributed by atoms with Crippen LogP contribution < -0.4 is 4.74 Å². The van der Waals surface area contributed by atoms with Gasteiger partial charge in [0, 0.05) is 7.05 Å². The summed E-state index contributed by atoms with van der Waals surface area (Å²) in [4.78, 5) is 4.37. The van der Waals surface area contributed by atoms with E-state index in [0.29, 0.717) is 27.4 Å². The van der Waals surface area contributed by atoms with Crippen LogP contribution in [0.3, 0.4) is 0 Å². The summed E-state index contributed by atoms with van der Waals surface area (Å²) < 4.78 is 21.1. The molecule has 98 valence electrons. The average molecular weight is 324 g/mol. The molecular formula is C13H11BrFN3O. The minimum absolute atomic E-state index is 0.187. The van der Waals surface area contributed by atoms with Crippen molar-refractivity contribution >= 4 is 15.9 Å². The zero-order chi connectivity index (χ0) is 14.0. The van der Waals surface area contributed by atoms with Gasteiger partial charge in [0.25, 0.3) is 0 Å². The lowest BCUT2D eigenvalue weighted by Gasteiger charge is -2.08. The molecule has 0 saturated carbocycles. The second-order valence-corrected chi connectivity index (χ2v) is 4.66. The Morgan fingerprint density at radius 1 is 1.53 bits per heavy atom. The number of hydrogen-bond donors (Lipinski definition) is 0. The fraction of sp³-hybridized carbons (Fsp3) is 0.231. The zero-order valence-corrected chi connectivity index (χ0v) is 12.0. The molecule has 0 atom stereocenters. The SMILES string of the molecule is COc1ccc(F)cc1-c1nc(CC#N)c(Br)n1C. The maximum Gasteiger partial charge on any atom is 0.144 e. The Labute approximate surface area is 118 Å². The molecule has 0 aliphatic carbocycles. The van der Waals surface area contributed by atoms with E-state index in [1.54, 1.807) is 17.7 Å². The van der Waals surface area contributed by atoms with Gasteiger partial charge in [-0.25, -0.2) is 9.37 Å². The average Bonchev–Trinajstić information content (AvgIpc) is 2.67. The molecule has 1 aromatic carbocycles. The Kier molecular flexibility index (Phi) is 3.86. The fourth-order valence-electron chi connectivity index (χ4n) is 1.82. The first kappa shape index (κ1) is 13.6. The van der Waals surface area contributed by atoms with Crippen LogP contribution in [0.5, 0.6) is 5.75 Å². The molecule has 0 bridgehead atoms. The van der Waals surface area contributed by atoms with Crippen LogP contribution >= 0.6 is 15.9 Å². The first-order valence-electron chi connectivity index (χ1n) is 5.50. The van der Waals surface area contributed by atoms with Crippen LogP contribution in [0.4, 0.5) is 4.39 Å². The molecule has 19 heavy (non-hydrogen) atoms. The molecule has 0 aliphatic heterocycles. The van der Waals surface area contributed by atoms with Gasteiger partial charge in [0.05, 0.1) is 30.9 Å². The Morgan fingerprint density at radius 2 is 2.26 bits per heavy atom. The van der Waals surface area contributed by atoms with Crippen LogP contribution in [-0.2, 0) is 13.5 Å². The Morgan fingerprint density at radius 3 is 2.89 bits per heavy atom. The quantitative estimate of drug-likeness (QED) is 0.872. The summed E-state index contributed by atoms with van der Waals surface area (Å²) in [5, 5.41) is 8.75. The van der Waals surface area contributed by atoms with Crippen molar-refractivity contribution in [3.05, 3.63) is 34.3 Å². The van der Waals surface area contributed by atoms with Crippen molar-refractivity contribution in [2.45, 2.75) is 6.42 Å². The van der Waals surface area contributed by atoms with Crippen molar-refractivity contribution in [2.24, 2.45) is 7.05 Å². The smallest absolute Gasteiger partial charge is 0.144 e. The van der Waals surface area contributed by atoms with Crippen molar-refractivity contribution in [3.63, 3.8) is 0 Å². The molecule has 0 saturated heterocycles. The van der Waals surface area contributed by atoms with Crippen LogP contribution in [0.1, 0.15) is 5.69 Å². The van der Waals surface area contributed by atoms with Gasteiger partial charge in [0.15, 0.2) is 0 Å². The molecule has 0 aliphatic rings. The highest BCUT2D eigenvalue weighted by molar-refractivity contribution is 9.10. The number of nitrogens with zero attached hydrogens (tertiary/aromatic N) is 3. The number of halogens is 2. The van der Waals surface area contributed by atoms with Crippen molar-refractivity contribution in [1.29, 1.82) is 5.26 Å². The van der Waals surface area contributed by atoms with Crippen LogP contribution in [0.2, 0.25) is 0 Å². The lowest BCUT2D eigenvalue weighted by atomic mass is 10.2. The highest BCUT2D eigenvalue weighted by atomic mass is 79.9. The molecule has 0 spiro atoms. The van der Waals surface area contributed by atoms with Crippen molar-refractivity contribution in [1.82, 2.24) is 9.55 Å². The summed E-state index contributed by atoms with van der Waals surface area (Å²) >= 11 is 3.38. The van der Waals surface area contributed by atoms with E-state index >= 15 is 0 Å². The molecule has 0 unspecified atom stereocenters. The molecule has 1 heterocycles. The van der Waals surface area contributed by atoms with Gasteiger partial charge < -0.3 is 9.30 Å². The van der Waals surface area contributed by atoms with Gasteiger partial charge in [0.1, 0.15) is 22.0 Å². The summed E-state index contributed by atoms with van der Waals surface area (Å²) in [6, 6.07) is 6.29. The molecule has 1 aromatic heterocycles. The monoisotopic (exact) mass is 323 g/mol. The second-order valence-electron chi connectivity index (χ2n) is 3.91. The molecule has 0 fully saturated rings. The van der Waals surface area contributed by atoms with Crippen molar-refractivity contribution in [3.8, 4) is 23.2 Å². The number of aromatic nitrogens is 2. The van der Waals surface area contributed by atoms with Gasteiger partial charge in [-0.3, -0.25) is 0 Å². The normalized spacial score (nSPS) is 10.3. The lowest BCUT2D eigenvalue weighted by molar-refractivity contribution is 0.415. The summed E-state index contributed by atoms with van der Waals surface area (Å²) in [6.07, 6.45) is 0.187. The number of hydrogen-bond acceptors (Lipinski definition) is 3. The summed E-state index contributed by atoms with van der Waals surface area (Å²) in [5.41, 5.74) is 1.17. The van der Waals surface area contributed by atoms with Gasteiger partial charge in [-0.05, 0) is 34.1 Å². The molecule has 0 radical (unpaired) electrons. The summed E-state index contributed by atoms with van der Waals surface area (Å²) in [5.74, 6) is 0.718. The van der Waals surface area contributed by atoms with E-state index in [1.807, 2.05) is 6.07 Å². The third-order valence-electron chi connectivity index (χ3n) is 2.74. The molecule has 0 N–H and O–H groups in total. The van der Waals surface area contributed by atoms with E-state index in [-0.39, 0.29) is 12.2 Å². The maximum absolute atomic E-state index is 13.4. The Bertz CT molecular complexity index is 661. The molecule has 2 rings (SSSR count). The number of nitriles is 1. The summed E-state index contributed by atoms with van der Waals surface area (Å²) in [7, 11) is 3.31. The van der Waals surface area contributed by atoms with E-state index < -0.39 is 0 Å². The van der Waals surface area contributed by atoms with Crippen LogP contribution in [0, 0.1) is 17.1 Å².